The largest absolute Gasteiger partial charge is 0.374 e. The molecular formula is C24H29FN6O2. The van der Waals surface area contributed by atoms with Crippen molar-refractivity contribution in [3.05, 3.63) is 52.5 Å². The van der Waals surface area contributed by atoms with Gasteiger partial charge in [-0.1, -0.05) is 13.0 Å². The van der Waals surface area contributed by atoms with E-state index in [2.05, 4.69) is 27.0 Å². The lowest BCUT2D eigenvalue weighted by Crippen LogP contribution is -2.23. The van der Waals surface area contributed by atoms with Gasteiger partial charge < -0.3 is 9.64 Å². The molecule has 174 valence electrons. The summed E-state index contributed by atoms with van der Waals surface area (Å²) in [7, 11) is 3.71. The van der Waals surface area contributed by atoms with Gasteiger partial charge >= 0.3 is 5.69 Å². The molecule has 0 bridgehead atoms. The maximum atomic E-state index is 15.0. The summed E-state index contributed by atoms with van der Waals surface area (Å²) >= 11 is 0. The molecule has 0 aliphatic heterocycles. The molecule has 0 amide bonds. The van der Waals surface area contributed by atoms with Crippen LogP contribution < -0.4 is 5.69 Å². The number of aromatic nitrogens is 5. The number of hydrogen-bond acceptors (Lipinski definition) is 6. The molecule has 0 radical (unpaired) electrons. The highest BCUT2D eigenvalue weighted by atomic mass is 19.1. The Morgan fingerprint density at radius 1 is 1.21 bits per heavy atom. The van der Waals surface area contributed by atoms with Crippen molar-refractivity contribution in [2.24, 2.45) is 7.05 Å². The number of hydrogen-bond donors (Lipinski definition) is 0. The summed E-state index contributed by atoms with van der Waals surface area (Å²) in [5.74, 6) is -0.418. The highest BCUT2D eigenvalue weighted by molar-refractivity contribution is 6.02. The Bertz CT molecular complexity index is 1340. The SMILES string of the molecule is CCN(C)CCOCc1ccc(-c2cc3c(cc2F)nnc2c3n(C(C)C)c(=O)n2C)cn1. The number of imidazole rings is 1. The summed E-state index contributed by atoms with van der Waals surface area (Å²) < 4.78 is 23.8. The van der Waals surface area contributed by atoms with Crippen molar-refractivity contribution < 1.29 is 9.13 Å². The number of halogens is 1. The van der Waals surface area contributed by atoms with Gasteiger partial charge in [-0.3, -0.25) is 14.1 Å². The molecule has 8 nitrogen and oxygen atoms in total. The van der Waals surface area contributed by atoms with E-state index in [9.17, 15) is 4.79 Å². The van der Waals surface area contributed by atoms with Crippen LogP contribution in [0.4, 0.5) is 4.39 Å². The monoisotopic (exact) mass is 452 g/mol. The van der Waals surface area contributed by atoms with Crippen LogP contribution in [0.25, 0.3) is 33.2 Å². The first-order valence-corrected chi connectivity index (χ1v) is 11.1. The molecule has 0 spiro atoms. The van der Waals surface area contributed by atoms with Crippen LogP contribution in [-0.2, 0) is 18.4 Å². The highest BCUT2D eigenvalue weighted by Gasteiger charge is 2.20. The van der Waals surface area contributed by atoms with Crippen molar-refractivity contribution in [2.75, 3.05) is 26.7 Å². The molecule has 0 fully saturated rings. The lowest BCUT2D eigenvalue weighted by atomic mass is 10.0. The molecule has 33 heavy (non-hydrogen) atoms. The predicted octanol–water partition coefficient (Wildman–Crippen LogP) is 3.53. The summed E-state index contributed by atoms with van der Waals surface area (Å²) in [4.78, 5) is 19.4. The van der Waals surface area contributed by atoms with Crippen LogP contribution in [0.3, 0.4) is 0 Å². The lowest BCUT2D eigenvalue weighted by Gasteiger charge is -2.13. The lowest BCUT2D eigenvalue weighted by molar-refractivity contribution is 0.0988. The van der Waals surface area contributed by atoms with Gasteiger partial charge in [-0.05, 0) is 39.6 Å². The van der Waals surface area contributed by atoms with Crippen LogP contribution in [0.1, 0.15) is 32.5 Å². The topological polar surface area (TPSA) is 78.1 Å². The van der Waals surface area contributed by atoms with E-state index in [0.717, 1.165) is 18.8 Å². The number of ether oxygens (including phenoxy) is 1. The zero-order chi connectivity index (χ0) is 23.7. The van der Waals surface area contributed by atoms with Crippen LogP contribution in [0.5, 0.6) is 0 Å². The summed E-state index contributed by atoms with van der Waals surface area (Å²) in [6.45, 7) is 8.82. The fraction of sp³-hybridized carbons (Fsp3) is 0.417. The minimum absolute atomic E-state index is 0.0832. The minimum Gasteiger partial charge on any atom is -0.374 e. The molecule has 0 aliphatic rings. The average molecular weight is 453 g/mol. The third kappa shape index (κ3) is 4.38. The number of fused-ring (bicyclic) bond motifs is 3. The molecule has 3 aromatic heterocycles. The summed E-state index contributed by atoms with van der Waals surface area (Å²) in [5.41, 5.74) is 3.17. The molecule has 4 aromatic rings. The maximum Gasteiger partial charge on any atom is 0.330 e. The van der Waals surface area contributed by atoms with E-state index in [4.69, 9.17) is 4.74 Å². The average Bonchev–Trinajstić information content (AvgIpc) is 3.07. The van der Waals surface area contributed by atoms with Gasteiger partial charge in [0.1, 0.15) is 11.3 Å². The molecule has 0 atom stereocenters. The van der Waals surface area contributed by atoms with E-state index in [1.807, 2.05) is 33.0 Å². The first-order chi connectivity index (χ1) is 15.8. The van der Waals surface area contributed by atoms with Gasteiger partial charge in [0.05, 0.1) is 24.4 Å². The number of likely N-dealkylation sites (N-methyl/N-ethyl adjacent to an activating group) is 1. The van der Waals surface area contributed by atoms with Gasteiger partial charge in [-0.2, -0.15) is 0 Å². The highest BCUT2D eigenvalue weighted by Crippen LogP contribution is 2.30. The van der Waals surface area contributed by atoms with Crippen LogP contribution in [-0.4, -0.2) is 56.0 Å². The number of pyridine rings is 1. The predicted molar refractivity (Wildman–Crippen MR) is 127 cm³/mol. The van der Waals surface area contributed by atoms with Crippen LogP contribution in [0, 0.1) is 5.82 Å². The van der Waals surface area contributed by atoms with Gasteiger partial charge in [0, 0.05) is 48.4 Å². The second-order valence-corrected chi connectivity index (χ2v) is 8.51. The molecule has 1 aromatic carbocycles. The maximum absolute atomic E-state index is 15.0. The molecular weight excluding hydrogens is 423 g/mol. The molecule has 0 aliphatic carbocycles. The Balaban J connectivity index is 1.69. The van der Waals surface area contributed by atoms with E-state index in [0.29, 0.717) is 46.4 Å². The first-order valence-electron chi connectivity index (χ1n) is 11.1. The van der Waals surface area contributed by atoms with Gasteiger partial charge in [-0.25, -0.2) is 9.18 Å². The summed E-state index contributed by atoms with van der Waals surface area (Å²) in [6.07, 6.45) is 1.65. The standard InChI is InChI=1S/C24H29FN6O2/c1-6-29(4)9-10-33-14-17-8-7-16(13-26-17)18-11-19-21(12-20(18)25)27-28-23-22(19)31(15(2)3)24(32)30(23)5/h7-8,11-13,15H,6,9-10,14H2,1-5H3. The number of rotatable bonds is 8. The van der Waals surface area contributed by atoms with E-state index in [1.165, 1.54) is 10.6 Å². The quantitative estimate of drug-likeness (QED) is 0.381. The van der Waals surface area contributed by atoms with Crippen molar-refractivity contribution >= 4 is 22.1 Å². The Hall–Kier alpha value is -3.17. The molecule has 3 heterocycles. The van der Waals surface area contributed by atoms with Crippen LogP contribution >= 0.6 is 0 Å². The van der Waals surface area contributed by atoms with E-state index < -0.39 is 5.82 Å². The Labute approximate surface area is 191 Å². The van der Waals surface area contributed by atoms with E-state index >= 15 is 4.39 Å². The molecule has 0 unspecified atom stereocenters. The van der Waals surface area contributed by atoms with Gasteiger partial charge in [0.25, 0.3) is 0 Å². The Morgan fingerprint density at radius 3 is 2.67 bits per heavy atom. The van der Waals surface area contributed by atoms with Gasteiger partial charge in [-0.15, -0.1) is 10.2 Å². The van der Waals surface area contributed by atoms with Crippen LogP contribution in [0.15, 0.2) is 35.3 Å². The summed E-state index contributed by atoms with van der Waals surface area (Å²) in [6, 6.07) is 6.68. The molecule has 9 heteroatoms. The first kappa shape index (κ1) is 23.0. The third-order valence-electron chi connectivity index (χ3n) is 5.92. The van der Waals surface area contributed by atoms with Crippen molar-refractivity contribution in [1.82, 2.24) is 29.2 Å². The van der Waals surface area contributed by atoms with E-state index in [1.54, 1.807) is 23.9 Å². The molecule has 0 saturated carbocycles. The molecule has 0 saturated heterocycles. The van der Waals surface area contributed by atoms with Gasteiger partial charge in [0.15, 0.2) is 5.65 Å². The van der Waals surface area contributed by atoms with Crippen molar-refractivity contribution in [3.63, 3.8) is 0 Å². The number of nitrogens with zero attached hydrogens (tertiary/aromatic N) is 6. The third-order valence-corrected chi connectivity index (χ3v) is 5.92. The van der Waals surface area contributed by atoms with Gasteiger partial charge in [0.2, 0.25) is 0 Å². The fourth-order valence-electron chi connectivity index (χ4n) is 3.84. The van der Waals surface area contributed by atoms with E-state index in [-0.39, 0.29) is 11.7 Å². The smallest absolute Gasteiger partial charge is 0.330 e. The number of benzene rings is 1. The van der Waals surface area contributed by atoms with Crippen molar-refractivity contribution in [2.45, 2.75) is 33.4 Å². The minimum atomic E-state index is -0.418. The summed E-state index contributed by atoms with van der Waals surface area (Å²) in [5, 5.41) is 9.01. The Morgan fingerprint density at radius 2 is 2.00 bits per heavy atom. The second-order valence-electron chi connectivity index (χ2n) is 8.51. The molecule has 0 N–H and O–H groups in total. The number of aryl methyl sites for hydroxylation is 1. The fourth-order valence-corrected chi connectivity index (χ4v) is 3.84. The van der Waals surface area contributed by atoms with Crippen molar-refractivity contribution in [3.8, 4) is 11.1 Å². The van der Waals surface area contributed by atoms with Crippen molar-refractivity contribution in [1.29, 1.82) is 0 Å². The second kappa shape index (κ2) is 9.36. The zero-order valence-electron chi connectivity index (χ0n) is 19.7. The normalized spacial score (nSPS) is 12.0. The molecule has 4 rings (SSSR count). The zero-order valence-corrected chi connectivity index (χ0v) is 19.7. The Kier molecular flexibility index (Phi) is 6.53. The van der Waals surface area contributed by atoms with Crippen LogP contribution in [0.2, 0.25) is 0 Å².